The van der Waals surface area contributed by atoms with Crippen LogP contribution in [0.4, 0.5) is 0 Å². The van der Waals surface area contributed by atoms with E-state index < -0.39 is 0 Å². The molecule has 0 spiro atoms. The van der Waals surface area contributed by atoms with E-state index in [1.54, 1.807) is 0 Å². The highest BCUT2D eigenvalue weighted by molar-refractivity contribution is 5.78. The zero-order valence-electron chi connectivity index (χ0n) is 11.4. The quantitative estimate of drug-likeness (QED) is 0.767. The first-order chi connectivity index (χ1) is 8.65. The molecule has 2 heteroatoms. The summed E-state index contributed by atoms with van der Waals surface area (Å²) in [5.41, 5.74) is 2.65. The molecule has 1 heterocycles. The summed E-state index contributed by atoms with van der Waals surface area (Å²) in [7, 11) is 0. The number of carbonyl (C=O) groups excluding carboxylic acids is 1. The van der Waals surface area contributed by atoms with Gasteiger partial charge in [-0.2, -0.15) is 0 Å². The Labute approximate surface area is 109 Å². The van der Waals surface area contributed by atoms with Gasteiger partial charge in [0.25, 0.3) is 0 Å². The Hall–Kier alpha value is -1.31. The maximum atomic E-state index is 11.6. The van der Waals surface area contributed by atoms with Gasteiger partial charge >= 0.3 is 0 Å². The van der Waals surface area contributed by atoms with E-state index in [0.717, 1.165) is 38.0 Å². The van der Waals surface area contributed by atoms with Crippen LogP contribution in [-0.4, -0.2) is 12.4 Å². The van der Waals surface area contributed by atoms with Gasteiger partial charge in [0, 0.05) is 19.3 Å². The summed E-state index contributed by atoms with van der Waals surface area (Å²) in [5, 5.41) is 0. The molecule has 2 nitrogen and oxygen atoms in total. The minimum absolute atomic E-state index is 0.398. The number of fused-ring (bicyclic) bond motifs is 1. The van der Waals surface area contributed by atoms with Gasteiger partial charge < -0.3 is 4.74 Å². The molecule has 98 valence electrons. The number of benzene rings is 1. The third kappa shape index (κ3) is 3.59. The number of Topliss-reactive ketones (excluding diaryl/α,β-unsaturated/α-hetero) is 1. The van der Waals surface area contributed by atoms with Gasteiger partial charge in [0.1, 0.15) is 11.5 Å². The molecule has 1 aliphatic heterocycles. The van der Waals surface area contributed by atoms with Gasteiger partial charge in [0.05, 0.1) is 6.61 Å². The van der Waals surface area contributed by atoms with Crippen molar-refractivity contribution in [2.45, 2.75) is 46.0 Å². The van der Waals surface area contributed by atoms with E-state index in [2.05, 4.69) is 32.0 Å². The zero-order valence-corrected chi connectivity index (χ0v) is 11.4. The Kier molecular flexibility index (Phi) is 4.40. The Morgan fingerprint density at radius 2 is 2.22 bits per heavy atom. The van der Waals surface area contributed by atoms with E-state index in [4.69, 9.17) is 4.74 Å². The van der Waals surface area contributed by atoms with E-state index >= 15 is 0 Å². The molecule has 0 aliphatic carbocycles. The Balaban J connectivity index is 1.78. The first-order valence-electron chi connectivity index (χ1n) is 6.91. The fraction of sp³-hybridized carbons (Fsp3) is 0.562. The van der Waals surface area contributed by atoms with Crippen LogP contribution in [0.5, 0.6) is 5.75 Å². The van der Waals surface area contributed by atoms with Crippen molar-refractivity contribution in [2.24, 2.45) is 5.92 Å². The van der Waals surface area contributed by atoms with Crippen molar-refractivity contribution in [3.63, 3.8) is 0 Å². The lowest BCUT2D eigenvalue weighted by molar-refractivity contribution is -0.119. The largest absolute Gasteiger partial charge is 0.493 e. The Morgan fingerprint density at radius 3 is 3.00 bits per heavy atom. The average molecular weight is 246 g/mol. The maximum absolute atomic E-state index is 11.6. The fourth-order valence-electron chi connectivity index (χ4n) is 2.44. The average Bonchev–Trinajstić information content (AvgIpc) is 2.75. The number of rotatable bonds is 6. The first kappa shape index (κ1) is 13.1. The minimum Gasteiger partial charge on any atom is -0.493 e. The third-order valence-corrected chi connectivity index (χ3v) is 3.31. The molecule has 0 atom stereocenters. The van der Waals surface area contributed by atoms with E-state index in [1.165, 1.54) is 11.1 Å². The lowest BCUT2D eigenvalue weighted by Gasteiger charge is -2.05. The highest BCUT2D eigenvalue weighted by atomic mass is 16.5. The van der Waals surface area contributed by atoms with Crippen molar-refractivity contribution in [2.75, 3.05) is 6.61 Å². The van der Waals surface area contributed by atoms with E-state index in [1.807, 2.05) is 0 Å². The van der Waals surface area contributed by atoms with Crippen LogP contribution in [0.1, 0.15) is 44.2 Å². The molecule has 18 heavy (non-hydrogen) atoms. The van der Waals surface area contributed by atoms with Crippen molar-refractivity contribution >= 4 is 5.78 Å². The normalized spacial score (nSPS) is 13.5. The molecule has 1 aromatic carbocycles. The Bertz CT molecular complexity index is 421. The molecule has 0 unspecified atom stereocenters. The molecule has 0 N–H and O–H groups in total. The van der Waals surface area contributed by atoms with Gasteiger partial charge in [-0.05, 0) is 36.0 Å². The van der Waals surface area contributed by atoms with Crippen molar-refractivity contribution in [3.8, 4) is 5.75 Å². The smallest absolute Gasteiger partial charge is 0.133 e. The first-order valence-corrected chi connectivity index (χ1v) is 6.91. The summed E-state index contributed by atoms with van der Waals surface area (Å²) in [6, 6.07) is 6.42. The maximum Gasteiger partial charge on any atom is 0.133 e. The Morgan fingerprint density at radius 1 is 1.39 bits per heavy atom. The number of ketones is 1. The van der Waals surface area contributed by atoms with Crippen molar-refractivity contribution < 1.29 is 9.53 Å². The monoisotopic (exact) mass is 246 g/mol. The lowest BCUT2D eigenvalue weighted by Crippen LogP contribution is -2.03. The third-order valence-electron chi connectivity index (χ3n) is 3.31. The van der Waals surface area contributed by atoms with Crippen molar-refractivity contribution in [3.05, 3.63) is 29.3 Å². The van der Waals surface area contributed by atoms with Crippen LogP contribution < -0.4 is 4.74 Å². The molecule has 1 aromatic rings. The summed E-state index contributed by atoms with van der Waals surface area (Å²) in [5.74, 6) is 1.92. The fourth-order valence-corrected chi connectivity index (χ4v) is 2.44. The lowest BCUT2D eigenvalue weighted by atomic mass is 10.00. The molecule has 0 radical (unpaired) electrons. The molecule has 0 bridgehead atoms. The van der Waals surface area contributed by atoms with Gasteiger partial charge in [0.15, 0.2) is 0 Å². The van der Waals surface area contributed by atoms with Crippen LogP contribution in [0, 0.1) is 5.92 Å². The van der Waals surface area contributed by atoms with E-state index in [9.17, 15) is 4.79 Å². The minimum atomic E-state index is 0.398. The zero-order chi connectivity index (χ0) is 13.0. The van der Waals surface area contributed by atoms with Gasteiger partial charge in [-0.25, -0.2) is 0 Å². The molecular weight excluding hydrogens is 224 g/mol. The van der Waals surface area contributed by atoms with Crippen LogP contribution in [0.15, 0.2) is 18.2 Å². The highest BCUT2D eigenvalue weighted by Crippen LogP contribution is 2.26. The van der Waals surface area contributed by atoms with Gasteiger partial charge in [-0.15, -0.1) is 0 Å². The summed E-state index contributed by atoms with van der Waals surface area (Å²) < 4.78 is 5.49. The van der Waals surface area contributed by atoms with E-state index in [-0.39, 0.29) is 0 Å². The number of carbonyl (C=O) groups is 1. The topological polar surface area (TPSA) is 26.3 Å². The molecule has 0 fully saturated rings. The molecule has 1 aliphatic rings. The number of hydrogen-bond acceptors (Lipinski definition) is 2. The number of ether oxygens (including phenoxy) is 1. The number of hydrogen-bond donors (Lipinski definition) is 0. The van der Waals surface area contributed by atoms with Crippen LogP contribution in [0.2, 0.25) is 0 Å². The van der Waals surface area contributed by atoms with Crippen molar-refractivity contribution in [1.82, 2.24) is 0 Å². The van der Waals surface area contributed by atoms with Gasteiger partial charge in [0.2, 0.25) is 0 Å². The summed E-state index contributed by atoms with van der Waals surface area (Å²) in [6.07, 6.45) is 4.42. The molecule has 0 saturated heterocycles. The van der Waals surface area contributed by atoms with Crippen LogP contribution >= 0.6 is 0 Å². The highest BCUT2D eigenvalue weighted by Gasteiger charge is 2.12. The second-order valence-electron chi connectivity index (χ2n) is 5.53. The predicted octanol–water partition coefficient (Wildman–Crippen LogP) is 3.56. The molecular formula is C16H22O2. The van der Waals surface area contributed by atoms with Crippen LogP contribution in [-0.2, 0) is 17.6 Å². The molecule has 0 saturated carbocycles. The van der Waals surface area contributed by atoms with Gasteiger partial charge in [-0.3, -0.25) is 4.79 Å². The van der Waals surface area contributed by atoms with Crippen molar-refractivity contribution in [1.29, 1.82) is 0 Å². The second kappa shape index (κ2) is 6.03. The van der Waals surface area contributed by atoms with Gasteiger partial charge in [-0.1, -0.05) is 26.0 Å². The second-order valence-corrected chi connectivity index (χ2v) is 5.53. The predicted molar refractivity (Wildman–Crippen MR) is 73.0 cm³/mol. The van der Waals surface area contributed by atoms with Crippen LogP contribution in [0.25, 0.3) is 0 Å². The molecule has 0 amide bonds. The SMILES string of the molecule is CC(C)CC(=O)CCCc1ccc2c(c1)CCO2. The molecule has 2 rings (SSSR count). The standard InChI is InChI=1S/C16H22O2/c1-12(2)10-15(17)5-3-4-13-6-7-16-14(11-13)8-9-18-16/h6-7,11-12H,3-5,8-10H2,1-2H3. The summed E-state index contributed by atoms with van der Waals surface area (Å²) in [4.78, 5) is 11.6. The summed E-state index contributed by atoms with van der Waals surface area (Å²) >= 11 is 0. The van der Waals surface area contributed by atoms with Crippen LogP contribution in [0.3, 0.4) is 0 Å². The summed E-state index contributed by atoms with van der Waals surface area (Å²) in [6.45, 7) is 5.00. The van der Waals surface area contributed by atoms with E-state index in [0.29, 0.717) is 18.1 Å². The number of aryl methyl sites for hydroxylation is 1. The molecule has 0 aromatic heterocycles.